The molecule has 42 heavy (non-hydrogen) atoms. The number of amides is 2. The highest BCUT2D eigenvalue weighted by molar-refractivity contribution is 5.91. The van der Waals surface area contributed by atoms with Crippen LogP contribution in [0, 0.1) is 11.3 Å². The number of pyridine rings is 1. The second kappa shape index (κ2) is 12.9. The molecule has 5 rings (SSSR count). The molecule has 1 aromatic heterocycles. The van der Waals surface area contributed by atoms with E-state index in [2.05, 4.69) is 42.3 Å². The third kappa shape index (κ3) is 6.50. The molecule has 3 heterocycles. The van der Waals surface area contributed by atoms with Crippen LogP contribution in [0.2, 0.25) is 0 Å². The minimum Gasteiger partial charge on any atom is -0.472 e. The number of esters is 1. The predicted octanol–water partition coefficient (Wildman–Crippen LogP) is 5.57. The summed E-state index contributed by atoms with van der Waals surface area (Å²) in [6.45, 7) is 8.39. The van der Waals surface area contributed by atoms with E-state index in [0.29, 0.717) is 12.3 Å². The maximum absolute atomic E-state index is 14.5. The van der Waals surface area contributed by atoms with Gasteiger partial charge in [0.15, 0.2) is 0 Å². The molecular formula is C33H45N3O6. The first kappa shape index (κ1) is 30.1. The van der Waals surface area contributed by atoms with Crippen LogP contribution in [-0.2, 0) is 25.5 Å². The third-order valence-electron chi connectivity index (χ3n) is 9.19. The van der Waals surface area contributed by atoms with Crippen molar-refractivity contribution in [3.05, 3.63) is 36.0 Å². The normalized spacial score (nSPS) is 27.2. The van der Waals surface area contributed by atoms with Crippen molar-refractivity contribution in [2.24, 2.45) is 11.3 Å². The Balaban J connectivity index is 1.56. The van der Waals surface area contributed by atoms with E-state index in [9.17, 15) is 14.4 Å². The van der Waals surface area contributed by atoms with Crippen LogP contribution in [-0.4, -0.2) is 65.3 Å². The number of ether oxygens (including phenoxy) is 3. The van der Waals surface area contributed by atoms with Crippen LogP contribution >= 0.6 is 0 Å². The zero-order chi connectivity index (χ0) is 29.9. The number of carbonyl (C=O) groups is 3. The SMILES string of the molecule is CCOC(=O)[C@@H]1C[C@H]2Oc3nccc4ccc(cc34)CCCC(C)(C)COC(=O)N[C@@H](C3CCCC3)C(=O)N1C2CC. The van der Waals surface area contributed by atoms with Crippen molar-refractivity contribution in [3.63, 3.8) is 0 Å². The molecule has 1 saturated heterocycles. The Morgan fingerprint density at radius 3 is 2.67 bits per heavy atom. The number of fused-ring (bicyclic) bond motifs is 3. The van der Waals surface area contributed by atoms with Gasteiger partial charge in [-0.15, -0.1) is 0 Å². The highest BCUT2D eigenvalue weighted by Gasteiger charge is 2.51. The van der Waals surface area contributed by atoms with Gasteiger partial charge in [-0.05, 0) is 79.9 Å². The molecule has 1 N–H and O–H groups in total. The van der Waals surface area contributed by atoms with E-state index in [0.717, 1.165) is 55.7 Å². The number of cyclic esters (lactones) is 1. The monoisotopic (exact) mass is 579 g/mol. The van der Waals surface area contributed by atoms with E-state index in [1.165, 1.54) is 5.56 Å². The molecule has 2 amide bonds. The summed E-state index contributed by atoms with van der Waals surface area (Å²) >= 11 is 0. The molecule has 228 valence electrons. The van der Waals surface area contributed by atoms with Crippen LogP contribution in [0.4, 0.5) is 4.79 Å². The van der Waals surface area contributed by atoms with Crippen molar-refractivity contribution in [1.82, 2.24) is 15.2 Å². The smallest absolute Gasteiger partial charge is 0.407 e. The fourth-order valence-electron chi connectivity index (χ4n) is 6.94. The molecule has 4 atom stereocenters. The van der Waals surface area contributed by atoms with Crippen molar-refractivity contribution in [1.29, 1.82) is 0 Å². The van der Waals surface area contributed by atoms with Crippen LogP contribution in [0.1, 0.15) is 84.6 Å². The lowest BCUT2D eigenvalue weighted by Gasteiger charge is -2.35. The first-order valence-electron chi connectivity index (χ1n) is 15.7. The quantitative estimate of drug-likeness (QED) is 0.472. The third-order valence-corrected chi connectivity index (χ3v) is 9.19. The van der Waals surface area contributed by atoms with E-state index in [1.54, 1.807) is 18.0 Å². The lowest BCUT2D eigenvalue weighted by Crippen LogP contribution is -2.57. The first-order valence-corrected chi connectivity index (χ1v) is 15.7. The Bertz CT molecular complexity index is 1290. The van der Waals surface area contributed by atoms with Crippen molar-refractivity contribution in [3.8, 4) is 5.88 Å². The maximum atomic E-state index is 14.5. The maximum Gasteiger partial charge on any atom is 0.407 e. The van der Waals surface area contributed by atoms with Gasteiger partial charge in [0, 0.05) is 18.0 Å². The van der Waals surface area contributed by atoms with Crippen molar-refractivity contribution in [2.75, 3.05) is 13.2 Å². The van der Waals surface area contributed by atoms with E-state index in [-0.39, 0.29) is 36.9 Å². The molecule has 1 aromatic carbocycles. The lowest BCUT2D eigenvalue weighted by molar-refractivity contribution is -0.155. The molecule has 9 nitrogen and oxygen atoms in total. The summed E-state index contributed by atoms with van der Waals surface area (Å²) in [5.41, 5.74) is 0.947. The number of hydrogen-bond donors (Lipinski definition) is 1. The van der Waals surface area contributed by atoms with Crippen LogP contribution in [0.5, 0.6) is 5.88 Å². The largest absolute Gasteiger partial charge is 0.472 e. The van der Waals surface area contributed by atoms with E-state index in [4.69, 9.17) is 14.2 Å². The Kier molecular flexibility index (Phi) is 9.23. The summed E-state index contributed by atoms with van der Waals surface area (Å²) in [6.07, 6.45) is 7.87. The fraction of sp³-hybridized carbons (Fsp3) is 0.636. The van der Waals surface area contributed by atoms with Gasteiger partial charge >= 0.3 is 12.1 Å². The van der Waals surface area contributed by atoms with Gasteiger partial charge in [-0.1, -0.05) is 45.7 Å². The number of aromatic nitrogens is 1. The second-order valence-electron chi connectivity index (χ2n) is 12.8. The molecular weight excluding hydrogens is 534 g/mol. The van der Waals surface area contributed by atoms with Crippen LogP contribution < -0.4 is 10.1 Å². The zero-order valence-electron chi connectivity index (χ0n) is 25.4. The highest BCUT2D eigenvalue weighted by Crippen LogP contribution is 2.37. The Labute approximate surface area is 248 Å². The molecule has 2 aromatic rings. The number of aryl methyl sites for hydroxylation is 1. The Morgan fingerprint density at radius 2 is 1.93 bits per heavy atom. The number of alkyl carbamates (subject to hydrolysis) is 1. The summed E-state index contributed by atoms with van der Waals surface area (Å²) in [5.74, 6) is -0.250. The summed E-state index contributed by atoms with van der Waals surface area (Å²) in [5, 5.41) is 4.88. The fourth-order valence-corrected chi connectivity index (χ4v) is 6.94. The number of hydrogen-bond acceptors (Lipinski definition) is 7. The standard InChI is InChI=1S/C33H45N3O6/c1-5-25-27-19-26(31(38)40-6-2)36(25)30(37)28(23-11-7-8-12-23)35-32(39)41-20-33(3,4)16-9-10-21-13-14-22-15-17-34-29(42-27)24(22)18-21/h13-15,17-18,23,25-28H,5-12,16,19-20H2,1-4H3,(H,35,39)/t25?,26-,27+,28-/m0/s1. The Hall–Kier alpha value is -3.36. The molecule has 2 fully saturated rings. The Morgan fingerprint density at radius 1 is 1.14 bits per heavy atom. The minimum atomic E-state index is -0.819. The molecule has 0 radical (unpaired) electrons. The van der Waals surface area contributed by atoms with Crippen molar-refractivity contribution < 1.29 is 28.6 Å². The number of rotatable bonds is 4. The lowest BCUT2D eigenvalue weighted by atomic mass is 9.87. The molecule has 1 unspecified atom stereocenters. The van der Waals surface area contributed by atoms with Crippen molar-refractivity contribution >= 4 is 28.7 Å². The van der Waals surface area contributed by atoms with Gasteiger partial charge in [-0.3, -0.25) is 4.79 Å². The number of benzene rings is 1. The zero-order valence-corrected chi connectivity index (χ0v) is 25.4. The topological polar surface area (TPSA) is 107 Å². The van der Waals surface area contributed by atoms with Gasteiger partial charge in [0.2, 0.25) is 11.8 Å². The average Bonchev–Trinajstić information content (AvgIpc) is 3.63. The highest BCUT2D eigenvalue weighted by atomic mass is 16.6. The van der Waals surface area contributed by atoms with Gasteiger partial charge in [-0.2, -0.15) is 0 Å². The molecule has 2 aliphatic heterocycles. The van der Waals surface area contributed by atoms with Crippen molar-refractivity contribution in [2.45, 2.75) is 110 Å². The van der Waals surface area contributed by atoms with Gasteiger partial charge in [0.05, 0.1) is 19.3 Å². The van der Waals surface area contributed by atoms with Gasteiger partial charge in [0.25, 0.3) is 0 Å². The molecule has 3 aliphatic rings. The predicted molar refractivity (Wildman–Crippen MR) is 159 cm³/mol. The summed E-state index contributed by atoms with van der Waals surface area (Å²) in [4.78, 5) is 47.1. The van der Waals surface area contributed by atoms with E-state index in [1.807, 2.05) is 13.0 Å². The number of nitrogens with one attached hydrogen (secondary N) is 1. The van der Waals surface area contributed by atoms with Crippen LogP contribution in [0.25, 0.3) is 10.8 Å². The summed E-state index contributed by atoms with van der Waals surface area (Å²) < 4.78 is 17.8. The van der Waals surface area contributed by atoms with Gasteiger partial charge in [-0.25, -0.2) is 14.6 Å². The average molecular weight is 580 g/mol. The molecule has 9 heteroatoms. The number of carbonyl (C=O) groups excluding carboxylic acids is 3. The van der Waals surface area contributed by atoms with Gasteiger partial charge in [0.1, 0.15) is 18.2 Å². The summed E-state index contributed by atoms with van der Waals surface area (Å²) in [7, 11) is 0. The van der Waals surface area contributed by atoms with Gasteiger partial charge < -0.3 is 24.4 Å². The molecule has 4 bridgehead atoms. The van der Waals surface area contributed by atoms with E-state index >= 15 is 0 Å². The minimum absolute atomic E-state index is 0.0258. The van der Waals surface area contributed by atoms with Crippen LogP contribution in [0.3, 0.4) is 0 Å². The molecule has 0 spiro atoms. The molecule has 1 aliphatic carbocycles. The summed E-state index contributed by atoms with van der Waals surface area (Å²) in [6, 6.07) is 6.32. The molecule has 1 saturated carbocycles. The van der Waals surface area contributed by atoms with Crippen LogP contribution in [0.15, 0.2) is 30.5 Å². The first-order chi connectivity index (χ1) is 20.2. The number of nitrogens with zero attached hydrogens (tertiary/aromatic N) is 2. The second-order valence-corrected chi connectivity index (χ2v) is 12.8. The van der Waals surface area contributed by atoms with E-state index < -0.39 is 36.3 Å².